The van der Waals surface area contributed by atoms with E-state index in [0.29, 0.717) is 11.7 Å². The van der Waals surface area contributed by atoms with E-state index in [0.717, 1.165) is 24.0 Å². The Balaban J connectivity index is 1.71. The van der Waals surface area contributed by atoms with Crippen LogP contribution in [0.4, 0.5) is 0 Å². The first-order valence-electron chi connectivity index (χ1n) is 7.24. The van der Waals surface area contributed by atoms with Crippen molar-refractivity contribution in [1.29, 1.82) is 0 Å². The average molecular weight is 303 g/mol. The third-order valence-corrected chi connectivity index (χ3v) is 4.48. The number of benzene rings is 1. The number of aliphatic hydroxyl groups is 1. The molecule has 1 aromatic heterocycles. The van der Waals surface area contributed by atoms with Gasteiger partial charge in [0.1, 0.15) is 10.8 Å². The number of hydrogen-bond donors (Lipinski definition) is 2. The summed E-state index contributed by atoms with van der Waals surface area (Å²) in [6.07, 6.45) is 3.41. The van der Waals surface area contributed by atoms with Crippen LogP contribution < -0.4 is 5.32 Å². The van der Waals surface area contributed by atoms with E-state index < -0.39 is 5.60 Å². The second kappa shape index (κ2) is 5.76. The maximum atomic E-state index is 10.9. The monoisotopic (exact) mass is 302 g/mol. The molecule has 2 unspecified atom stereocenters. The van der Waals surface area contributed by atoms with Gasteiger partial charge in [-0.2, -0.15) is 0 Å². The number of fused-ring (bicyclic) bond motifs is 1. The van der Waals surface area contributed by atoms with Crippen molar-refractivity contribution >= 4 is 11.6 Å². The average Bonchev–Trinajstić information content (AvgIpc) is 2.83. The molecule has 4 heteroatoms. The first-order chi connectivity index (χ1) is 10.1. The molecular formula is C17H19ClN2O. The fraction of sp³-hybridized carbons (Fsp3) is 0.353. The van der Waals surface area contributed by atoms with E-state index in [9.17, 15) is 5.11 Å². The Kier molecular flexibility index (Phi) is 3.98. The zero-order valence-corrected chi connectivity index (χ0v) is 12.8. The fourth-order valence-electron chi connectivity index (χ4n) is 2.98. The molecular weight excluding hydrogens is 284 g/mol. The van der Waals surface area contributed by atoms with Gasteiger partial charge in [-0.3, -0.25) is 0 Å². The molecule has 3 rings (SSSR count). The molecule has 0 saturated carbocycles. The lowest BCUT2D eigenvalue weighted by molar-refractivity contribution is 0.0363. The first kappa shape index (κ1) is 14.5. The number of rotatable bonds is 4. The van der Waals surface area contributed by atoms with Crippen LogP contribution in [0.1, 0.15) is 36.1 Å². The van der Waals surface area contributed by atoms with Crippen molar-refractivity contribution in [3.8, 4) is 0 Å². The topological polar surface area (TPSA) is 45.1 Å². The Morgan fingerprint density at radius 1 is 1.38 bits per heavy atom. The van der Waals surface area contributed by atoms with Crippen LogP contribution in [0.3, 0.4) is 0 Å². The quantitative estimate of drug-likeness (QED) is 0.852. The van der Waals surface area contributed by atoms with Gasteiger partial charge in [-0.25, -0.2) is 4.98 Å². The van der Waals surface area contributed by atoms with Crippen molar-refractivity contribution in [1.82, 2.24) is 10.3 Å². The van der Waals surface area contributed by atoms with Gasteiger partial charge in [0.2, 0.25) is 0 Å². The zero-order valence-electron chi connectivity index (χ0n) is 12.0. The van der Waals surface area contributed by atoms with Crippen LogP contribution in [0.5, 0.6) is 0 Å². The molecule has 0 bridgehead atoms. The second-order valence-electron chi connectivity index (χ2n) is 5.70. The van der Waals surface area contributed by atoms with Crippen LogP contribution in [0.25, 0.3) is 0 Å². The number of hydrogen-bond acceptors (Lipinski definition) is 3. The molecule has 0 saturated heterocycles. The highest BCUT2D eigenvalue weighted by Crippen LogP contribution is 2.36. The van der Waals surface area contributed by atoms with E-state index in [1.54, 1.807) is 6.20 Å². The van der Waals surface area contributed by atoms with Gasteiger partial charge in [-0.1, -0.05) is 35.9 Å². The maximum Gasteiger partial charge on any atom is 0.129 e. The minimum atomic E-state index is -0.776. The molecule has 21 heavy (non-hydrogen) atoms. The van der Waals surface area contributed by atoms with E-state index in [1.165, 1.54) is 5.56 Å². The lowest BCUT2D eigenvalue weighted by atomic mass is 9.95. The summed E-state index contributed by atoms with van der Waals surface area (Å²) in [5.41, 5.74) is 2.60. The lowest BCUT2D eigenvalue weighted by Gasteiger charge is -2.27. The summed E-state index contributed by atoms with van der Waals surface area (Å²) < 4.78 is 0. The predicted octanol–water partition coefficient (Wildman–Crippen LogP) is 3.22. The highest BCUT2D eigenvalue weighted by atomic mass is 35.5. The molecule has 1 aromatic carbocycles. The van der Waals surface area contributed by atoms with Crippen LogP contribution in [0.2, 0.25) is 5.15 Å². The fourth-order valence-corrected chi connectivity index (χ4v) is 3.16. The second-order valence-corrected chi connectivity index (χ2v) is 6.09. The zero-order chi connectivity index (χ0) is 14.9. The highest BCUT2D eigenvalue weighted by molar-refractivity contribution is 6.29. The summed E-state index contributed by atoms with van der Waals surface area (Å²) in [5.74, 6) is 0. The van der Waals surface area contributed by atoms with E-state index in [-0.39, 0.29) is 6.04 Å². The van der Waals surface area contributed by atoms with Crippen LogP contribution in [0, 0.1) is 0 Å². The highest BCUT2D eigenvalue weighted by Gasteiger charge is 2.36. The maximum absolute atomic E-state index is 10.9. The van der Waals surface area contributed by atoms with Gasteiger partial charge in [-0.05, 0) is 48.6 Å². The van der Waals surface area contributed by atoms with Crippen molar-refractivity contribution in [3.63, 3.8) is 0 Å². The Morgan fingerprint density at radius 2 is 2.19 bits per heavy atom. The van der Waals surface area contributed by atoms with Crippen molar-refractivity contribution in [2.24, 2.45) is 0 Å². The van der Waals surface area contributed by atoms with Gasteiger partial charge in [0.05, 0.1) is 0 Å². The SMILES string of the molecule is CC(NCC1(O)CCc2ccccc21)c1ccnc(Cl)c1. The Hall–Kier alpha value is -1.42. The third kappa shape index (κ3) is 2.95. The molecule has 2 aromatic rings. The lowest BCUT2D eigenvalue weighted by Crippen LogP contribution is -2.37. The molecule has 0 amide bonds. The van der Waals surface area contributed by atoms with E-state index in [1.807, 2.05) is 30.3 Å². The predicted molar refractivity (Wildman–Crippen MR) is 84.3 cm³/mol. The van der Waals surface area contributed by atoms with E-state index >= 15 is 0 Å². The van der Waals surface area contributed by atoms with Crippen LogP contribution in [-0.2, 0) is 12.0 Å². The summed E-state index contributed by atoms with van der Waals surface area (Å²) in [4.78, 5) is 3.99. The molecule has 1 aliphatic rings. The molecule has 0 spiro atoms. The Labute approximate surface area is 130 Å². The summed E-state index contributed by atoms with van der Waals surface area (Å²) in [6.45, 7) is 2.60. The van der Waals surface area contributed by atoms with Gasteiger partial charge >= 0.3 is 0 Å². The van der Waals surface area contributed by atoms with Gasteiger partial charge in [-0.15, -0.1) is 0 Å². The minimum Gasteiger partial charge on any atom is -0.384 e. The first-order valence-corrected chi connectivity index (χ1v) is 7.62. The standard InChI is InChI=1S/C17H19ClN2O/c1-12(14-7-9-19-16(18)10-14)20-11-17(21)8-6-13-4-2-3-5-15(13)17/h2-5,7,9-10,12,20-21H,6,8,11H2,1H3. The summed E-state index contributed by atoms with van der Waals surface area (Å²) >= 11 is 5.92. The van der Waals surface area contributed by atoms with Crippen molar-refractivity contribution in [2.75, 3.05) is 6.54 Å². The smallest absolute Gasteiger partial charge is 0.129 e. The Morgan fingerprint density at radius 3 is 3.00 bits per heavy atom. The van der Waals surface area contributed by atoms with Gasteiger partial charge in [0.15, 0.2) is 0 Å². The van der Waals surface area contributed by atoms with E-state index in [4.69, 9.17) is 11.6 Å². The molecule has 0 radical (unpaired) electrons. The summed E-state index contributed by atoms with van der Waals surface area (Å²) in [7, 11) is 0. The normalized spacial score (nSPS) is 22.0. The minimum absolute atomic E-state index is 0.113. The number of nitrogens with one attached hydrogen (secondary N) is 1. The molecule has 2 N–H and O–H groups in total. The summed E-state index contributed by atoms with van der Waals surface area (Å²) in [6, 6.07) is 12.0. The number of pyridine rings is 1. The number of aryl methyl sites for hydroxylation is 1. The van der Waals surface area contributed by atoms with Crippen LogP contribution in [0.15, 0.2) is 42.6 Å². The largest absolute Gasteiger partial charge is 0.384 e. The molecule has 2 atom stereocenters. The van der Waals surface area contributed by atoms with Crippen LogP contribution >= 0.6 is 11.6 Å². The van der Waals surface area contributed by atoms with E-state index in [2.05, 4.69) is 23.3 Å². The van der Waals surface area contributed by atoms with Crippen molar-refractivity contribution < 1.29 is 5.11 Å². The molecule has 3 nitrogen and oxygen atoms in total. The molecule has 0 fully saturated rings. The Bertz CT molecular complexity index is 646. The number of nitrogens with zero attached hydrogens (tertiary/aromatic N) is 1. The molecule has 1 aliphatic carbocycles. The van der Waals surface area contributed by atoms with Crippen LogP contribution in [-0.4, -0.2) is 16.6 Å². The van der Waals surface area contributed by atoms with Gasteiger partial charge in [0.25, 0.3) is 0 Å². The van der Waals surface area contributed by atoms with Crippen molar-refractivity contribution in [2.45, 2.75) is 31.4 Å². The third-order valence-electron chi connectivity index (χ3n) is 4.28. The van der Waals surface area contributed by atoms with Gasteiger partial charge in [0, 0.05) is 18.8 Å². The van der Waals surface area contributed by atoms with Crippen molar-refractivity contribution in [3.05, 3.63) is 64.4 Å². The molecule has 110 valence electrons. The number of halogens is 1. The van der Waals surface area contributed by atoms with Gasteiger partial charge < -0.3 is 10.4 Å². The summed E-state index contributed by atoms with van der Waals surface area (Å²) in [5, 5.41) is 14.8. The molecule has 1 heterocycles. The molecule has 0 aliphatic heterocycles. The number of aromatic nitrogens is 1.